The van der Waals surface area contributed by atoms with E-state index in [4.69, 9.17) is 37.0 Å². The molecule has 0 fully saturated rings. The first-order valence-corrected chi connectivity index (χ1v) is 41.7. The van der Waals surface area contributed by atoms with Gasteiger partial charge in [-0.2, -0.15) is 0 Å². The van der Waals surface area contributed by atoms with Crippen LogP contribution in [0.15, 0.2) is 0 Å². The molecule has 19 heteroatoms. The second-order valence-electron chi connectivity index (χ2n) is 26.9. The molecule has 0 aromatic carbocycles. The van der Waals surface area contributed by atoms with Crippen molar-refractivity contribution in [3.05, 3.63) is 0 Å². The van der Waals surface area contributed by atoms with E-state index in [9.17, 15) is 43.2 Å². The summed E-state index contributed by atoms with van der Waals surface area (Å²) in [5.41, 5.74) is 0. The summed E-state index contributed by atoms with van der Waals surface area (Å²) in [7, 11) is -9.90. The first kappa shape index (κ1) is 91.1. The number of phosphoric ester groups is 2. The number of ether oxygens (including phenoxy) is 4. The van der Waals surface area contributed by atoms with Gasteiger partial charge in [0, 0.05) is 25.7 Å². The van der Waals surface area contributed by atoms with Crippen molar-refractivity contribution in [2.24, 2.45) is 5.92 Å². The highest BCUT2D eigenvalue weighted by Gasteiger charge is 2.30. The Morgan fingerprint density at radius 1 is 0.301 bits per heavy atom. The lowest BCUT2D eigenvalue weighted by atomic mass is 9.99. The number of phosphoric acid groups is 2. The minimum atomic E-state index is -4.95. The van der Waals surface area contributed by atoms with Gasteiger partial charge in [-0.1, -0.05) is 336 Å². The van der Waals surface area contributed by atoms with Crippen LogP contribution in [0.5, 0.6) is 0 Å². The van der Waals surface area contributed by atoms with E-state index < -0.39 is 97.5 Å². The lowest BCUT2D eigenvalue weighted by Gasteiger charge is -2.21. The van der Waals surface area contributed by atoms with Gasteiger partial charge >= 0.3 is 39.5 Å². The predicted molar refractivity (Wildman–Crippen MR) is 377 cm³/mol. The molecule has 0 radical (unpaired) electrons. The Morgan fingerprint density at radius 3 is 0.763 bits per heavy atom. The molecule has 0 saturated heterocycles. The maximum atomic E-state index is 13.0. The Bertz CT molecular complexity index is 1790. The monoisotopic (exact) mass is 1370 g/mol. The average Bonchev–Trinajstić information content (AvgIpc) is 3.59. The highest BCUT2D eigenvalue weighted by molar-refractivity contribution is 7.47. The summed E-state index contributed by atoms with van der Waals surface area (Å²) in [6.07, 6.45) is 55.4. The summed E-state index contributed by atoms with van der Waals surface area (Å²) in [5.74, 6) is -1.25. The fourth-order valence-corrected chi connectivity index (χ4v) is 12.9. The molecule has 0 aromatic heterocycles. The Morgan fingerprint density at radius 2 is 0.516 bits per heavy atom. The van der Waals surface area contributed by atoms with Crippen molar-refractivity contribution in [2.45, 2.75) is 406 Å². The maximum Gasteiger partial charge on any atom is 0.472 e. The number of aliphatic hydroxyl groups excluding tert-OH is 1. The van der Waals surface area contributed by atoms with Crippen molar-refractivity contribution < 1.29 is 80.2 Å². The number of carbonyl (C=O) groups excluding carboxylic acids is 4. The van der Waals surface area contributed by atoms with Gasteiger partial charge in [0.1, 0.15) is 19.3 Å². The number of esters is 4. The lowest BCUT2D eigenvalue weighted by Crippen LogP contribution is -2.30. The largest absolute Gasteiger partial charge is 0.472 e. The molecule has 0 rings (SSSR count). The van der Waals surface area contributed by atoms with Crippen LogP contribution in [0.25, 0.3) is 0 Å². The van der Waals surface area contributed by atoms with Crippen molar-refractivity contribution in [1.82, 2.24) is 0 Å². The van der Waals surface area contributed by atoms with Gasteiger partial charge in [-0.3, -0.25) is 37.3 Å². The van der Waals surface area contributed by atoms with Crippen LogP contribution >= 0.6 is 15.6 Å². The van der Waals surface area contributed by atoms with Gasteiger partial charge in [0.2, 0.25) is 0 Å². The third kappa shape index (κ3) is 67.0. The van der Waals surface area contributed by atoms with Crippen molar-refractivity contribution in [1.29, 1.82) is 0 Å². The summed E-state index contributed by atoms with van der Waals surface area (Å²) in [6.45, 7) is 7.32. The van der Waals surface area contributed by atoms with Crippen LogP contribution in [0.3, 0.4) is 0 Å². The Kier molecular flexibility index (Phi) is 65.9. The molecular weight excluding hydrogens is 1220 g/mol. The molecular formula is C74H144O17P2. The van der Waals surface area contributed by atoms with Gasteiger partial charge in [-0.05, 0) is 31.6 Å². The average molecular weight is 1370 g/mol. The minimum Gasteiger partial charge on any atom is -0.462 e. The summed E-state index contributed by atoms with van der Waals surface area (Å²) >= 11 is 0. The number of unbranched alkanes of at least 4 members (excludes halogenated alkanes) is 45. The van der Waals surface area contributed by atoms with E-state index in [1.54, 1.807) is 0 Å². The van der Waals surface area contributed by atoms with Gasteiger partial charge in [-0.25, -0.2) is 9.13 Å². The zero-order valence-corrected chi connectivity index (χ0v) is 62.2. The SMILES string of the molecule is CCCCCCCCCCCCCC(=O)OC[C@H](COP(=O)(O)OC[C@@H](O)COP(=O)(O)OC[C@@H](COC(=O)CCCCCCCCCCCC)OC(=O)CCCCCCCCCCCC)OC(=O)CCCCCCCCCCCCCCCCCCCCC(C)CC. The summed E-state index contributed by atoms with van der Waals surface area (Å²) < 4.78 is 68.3. The van der Waals surface area contributed by atoms with Gasteiger partial charge < -0.3 is 33.8 Å². The molecule has 3 unspecified atom stereocenters. The van der Waals surface area contributed by atoms with E-state index in [1.165, 1.54) is 212 Å². The molecule has 0 aliphatic rings. The second-order valence-corrected chi connectivity index (χ2v) is 29.8. The molecule has 0 amide bonds. The molecule has 0 aromatic rings. The van der Waals surface area contributed by atoms with Gasteiger partial charge in [-0.15, -0.1) is 0 Å². The van der Waals surface area contributed by atoms with Crippen molar-refractivity contribution >= 4 is 39.5 Å². The molecule has 3 N–H and O–H groups in total. The molecule has 0 aliphatic carbocycles. The number of hydrogen-bond donors (Lipinski definition) is 3. The van der Waals surface area contributed by atoms with Gasteiger partial charge in [0.15, 0.2) is 12.2 Å². The first-order valence-electron chi connectivity index (χ1n) is 38.7. The molecule has 0 aliphatic heterocycles. The number of hydrogen-bond acceptors (Lipinski definition) is 15. The van der Waals surface area contributed by atoms with Crippen molar-refractivity contribution in [3.63, 3.8) is 0 Å². The zero-order valence-electron chi connectivity index (χ0n) is 60.4. The topological polar surface area (TPSA) is 237 Å². The molecule has 6 atom stereocenters. The number of rotatable bonds is 74. The molecule has 93 heavy (non-hydrogen) atoms. The van der Waals surface area contributed by atoms with Gasteiger partial charge in [0.05, 0.1) is 26.4 Å². The maximum absolute atomic E-state index is 13.0. The lowest BCUT2D eigenvalue weighted by molar-refractivity contribution is -0.161. The number of carbonyl (C=O) groups is 4. The Labute approximate surface area is 568 Å². The molecule has 0 bridgehead atoms. The quantitative estimate of drug-likeness (QED) is 0.0222. The van der Waals surface area contributed by atoms with E-state index in [-0.39, 0.29) is 25.7 Å². The standard InChI is InChI=1S/C74H144O17P2/c1-6-10-13-16-19-22-33-39-43-48-53-58-72(77)85-64-70(91-74(79)60-55-50-45-40-35-32-30-28-26-25-27-29-31-34-36-41-46-51-56-67(5)9-4)66-89-93(82,83)87-62-68(75)61-86-92(80,81)88-65-69(90-73(78)59-54-49-44-38-24-21-18-15-12-8-3)63-84-71(76)57-52-47-42-37-23-20-17-14-11-7-2/h67-70,75H,6-66H2,1-5H3,(H,80,81)(H,82,83)/t67?,68-,69+,70+/m0/s1. The van der Waals surface area contributed by atoms with Crippen molar-refractivity contribution in [3.8, 4) is 0 Å². The molecule has 0 saturated carbocycles. The molecule has 0 spiro atoms. The van der Waals surface area contributed by atoms with E-state index in [0.29, 0.717) is 25.7 Å². The summed E-state index contributed by atoms with van der Waals surface area (Å²) in [6, 6.07) is 0. The van der Waals surface area contributed by atoms with Crippen LogP contribution in [0.2, 0.25) is 0 Å². The second kappa shape index (κ2) is 67.3. The zero-order chi connectivity index (χ0) is 68.4. The Hall–Kier alpha value is -1.94. The smallest absolute Gasteiger partial charge is 0.462 e. The Balaban J connectivity index is 5.14. The van der Waals surface area contributed by atoms with E-state index in [0.717, 1.165) is 95.8 Å². The summed E-state index contributed by atoms with van der Waals surface area (Å²) in [4.78, 5) is 72.6. The highest BCUT2D eigenvalue weighted by Crippen LogP contribution is 2.45. The molecule has 552 valence electrons. The third-order valence-corrected chi connectivity index (χ3v) is 19.5. The van der Waals surface area contributed by atoms with Crippen LogP contribution < -0.4 is 0 Å². The molecule has 17 nitrogen and oxygen atoms in total. The van der Waals surface area contributed by atoms with E-state index in [1.807, 2.05) is 0 Å². The van der Waals surface area contributed by atoms with Crippen molar-refractivity contribution in [2.75, 3.05) is 39.6 Å². The van der Waals surface area contributed by atoms with Crippen LogP contribution in [-0.2, 0) is 65.4 Å². The fraction of sp³-hybridized carbons (Fsp3) is 0.946. The first-order chi connectivity index (χ1) is 45.1. The normalized spacial score (nSPS) is 14.3. The van der Waals surface area contributed by atoms with Gasteiger partial charge in [0.25, 0.3) is 0 Å². The minimum absolute atomic E-state index is 0.107. The van der Waals surface area contributed by atoms with Crippen LogP contribution in [0.4, 0.5) is 0 Å². The third-order valence-electron chi connectivity index (χ3n) is 17.6. The van der Waals surface area contributed by atoms with Crippen LogP contribution in [0, 0.1) is 5.92 Å². The highest BCUT2D eigenvalue weighted by atomic mass is 31.2. The van der Waals surface area contributed by atoms with E-state index >= 15 is 0 Å². The summed E-state index contributed by atoms with van der Waals surface area (Å²) in [5, 5.41) is 10.6. The number of aliphatic hydroxyl groups is 1. The van der Waals surface area contributed by atoms with Crippen LogP contribution in [-0.4, -0.2) is 96.7 Å². The molecule has 0 heterocycles. The predicted octanol–water partition coefficient (Wildman–Crippen LogP) is 21.7. The fourth-order valence-electron chi connectivity index (χ4n) is 11.3. The van der Waals surface area contributed by atoms with Crippen LogP contribution in [0.1, 0.15) is 388 Å². The van der Waals surface area contributed by atoms with E-state index in [2.05, 4.69) is 34.6 Å².